The lowest BCUT2D eigenvalue weighted by atomic mass is 10.2. The molecule has 0 aliphatic carbocycles. The summed E-state index contributed by atoms with van der Waals surface area (Å²) in [5.74, 6) is 1.20. The zero-order chi connectivity index (χ0) is 14.2. The Morgan fingerprint density at radius 1 is 1.30 bits per heavy atom. The van der Waals surface area contributed by atoms with Crippen LogP contribution in [-0.4, -0.2) is 19.1 Å². The SMILES string of the molecule is N#Cc1ccc(OCC(=O)NCCc2ccco2)cc1. The molecule has 1 heterocycles. The molecule has 0 unspecified atom stereocenters. The summed E-state index contributed by atoms with van der Waals surface area (Å²) in [4.78, 5) is 11.5. The van der Waals surface area contributed by atoms with Crippen molar-refractivity contribution < 1.29 is 13.9 Å². The van der Waals surface area contributed by atoms with Crippen molar-refractivity contribution in [1.82, 2.24) is 5.32 Å². The first-order chi connectivity index (χ1) is 9.78. The number of carbonyl (C=O) groups excluding carboxylic acids is 1. The van der Waals surface area contributed by atoms with Crippen molar-refractivity contribution in [2.24, 2.45) is 0 Å². The minimum Gasteiger partial charge on any atom is -0.484 e. The lowest BCUT2D eigenvalue weighted by molar-refractivity contribution is -0.123. The van der Waals surface area contributed by atoms with Crippen LogP contribution in [0.2, 0.25) is 0 Å². The molecule has 1 N–H and O–H groups in total. The van der Waals surface area contributed by atoms with Gasteiger partial charge in [0.05, 0.1) is 17.9 Å². The van der Waals surface area contributed by atoms with Crippen LogP contribution >= 0.6 is 0 Å². The summed E-state index contributed by atoms with van der Waals surface area (Å²) in [7, 11) is 0. The summed E-state index contributed by atoms with van der Waals surface area (Å²) < 4.78 is 10.5. The zero-order valence-corrected chi connectivity index (χ0v) is 10.8. The zero-order valence-electron chi connectivity index (χ0n) is 10.8. The maximum Gasteiger partial charge on any atom is 0.257 e. The van der Waals surface area contributed by atoms with Gasteiger partial charge in [-0.15, -0.1) is 0 Å². The van der Waals surface area contributed by atoms with Crippen LogP contribution < -0.4 is 10.1 Å². The second-order valence-electron chi connectivity index (χ2n) is 4.10. The Bertz CT molecular complexity index is 583. The molecule has 5 heteroatoms. The van der Waals surface area contributed by atoms with Gasteiger partial charge in [0.1, 0.15) is 11.5 Å². The van der Waals surface area contributed by atoms with Crippen LogP contribution in [-0.2, 0) is 11.2 Å². The maximum absolute atomic E-state index is 11.5. The summed E-state index contributed by atoms with van der Waals surface area (Å²) in [5, 5.41) is 11.4. The number of nitrogens with zero attached hydrogens (tertiary/aromatic N) is 1. The van der Waals surface area contributed by atoms with Gasteiger partial charge in [-0.2, -0.15) is 5.26 Å². The lowest BCUT2D eigenvalue weighted by Crippen LogP contribution is -2.30. The Morgan fingerprint density at radius 2 is 2.10 bits per heavy atom. The van der Waals surface area contributed by atoms with Crippen molar-refractivity contribution in [2.75, 3.05) is 13.2 Å². The first kappa shape index (κ1) is 13.7. The monoisotopic (exact) mass is 270 g/mol. The minimum atomic E-state index is -0.194. The highest BCUT2D eigenvalue weighted by Gasteiger charge is 2.03. The molecule has 1 aromatic heterocycles. The van der Waals surface area contributed by atoms with Gasteiger partial charge in [0, 0.05) is 13.0 Å². The Labute approximate surface area is 116 Å². The van der Waals surface area contributed by atoms with Gasteiger partial charge in [-0.05, 0) is 36.4 Å². The van der Waals surface area contributed by atoms with Gasteiger partial charge in [-0.1, -0.05) is 0 Å². The third kappa shape index (κ3) is 4.18. The van der Waals surface area contributed by atoms with E-state index >= 15 is 0 Å². The fraction of sp³-hybridized carbons (Fsp3) is 0.200. The molecule has 102 valence electrons. The standard InChI is InChI=1S/C15H14N2O3/c16-10-12-3-5-14(6-4-12)20-11-15(18)17-8-7-13-2-1-9-19-13/h1-6,9H,7-8,11H2,(H,17,18). The highest BCUT2D eigenvalue weighted by molar-refractivity contribution is 5.77. The van der Waals surface area contributed by atoms with E-state index in [0.717, 1.165) is 5.76 Å². The van der Waals surface area contributed by atoms with Crippen LogP contribution in [0, 0.1) is 11.3 Å². The predicted octanol–water partition coefficient (Wildman–Crippen LogP) is 1.89. The highest BCUT2D eigenvalue weighted by atomic mass is 16.5. The van der Waals surface area contributed by atoms with E-state index in [-0.39, 0.29) is 12.5 Å². The summed E-state index contributed by atoms with van der Waals surface area (Å²) in [6.45, 7) is 0.452. The predicted molar refractivity (Wildman–Crippen MR) is 72.1 cm³/mol. The van der Waals surface area contributed by atoms with Crippen LogP contribution in [0.4, 0.5) is 0 Å². The number of rotatable bonds is 6. The van der Waals surface area contributed by atoms with Gasteiger partial charge in [0.15, 0.2) is 6.61 Å². The first-order valence-corrected chi connectivity index (χ1v) is 6.20. The number of carbonyl (C=O) groups is 1. The summed E-state index contributed by atoms with van der Waals surface area (Å²) >= 11 is 0. The van der Waals surface area contributed by atoms with Crippen molar-refractivity contribution in [3.05, 3.63) is 54.0 Å². The normalized spacial score (nSPS) is 9.75. The molecule has 0 aliphatic heterocycles. The average molecular weight is 270 g/mol. The van der Waals surface area contributed by atoms with E-state index in [9.17, 15) is 4.79 Å². The van der Waals surface area contributed by atoms with E-state index < -0.39 is 0 Å². The summed E-state index contributed by atoms with van der Waals surface area (Å²) in [5.41, 5.74) is 0.556. The van der Waals surface area contributed by atoms with Gasteiger partial charge in [0.25, 0.3) is 5.91 Å². The fourth-order valence-corrected chi connectivity index (χ4v) is 1.61. The highest BCUT2D eigenvalue weighted by Crippen LogP contribution is 2.11. The third-order valence-corrected chi connectivity index (χ3v) is 2.63. The topological polar surface area (TPSA) is 75.3 Å². The van der Waals surface area contributed by atoms with Crippen LogP contribution in [0.5, 0.6) is 5.75 Å². The largest absolute Gasteiger partial charge is 0.484 e. The van der Waals surface area contributed by atoms with Crippen molar-refractivity contribution in [2.45, 2.75) is 6.42 Å². The minimum absolute atomic E-state index is 0.0515. The van der Waals surface area contributed by atoms with Gasteiger partial charge in [-0.25, -0.2) is 0 Å². The Balaban J connectivity index is 1.68. The van der Waals surface area contributed by atoms with Gasteiger partial charge < -0.3 is 14.5 Å². The maximum atomic E-state index is 11.5. The van der Waals surface area contributed by atoms with E-state index in [1.165, 1.54) is 0 Å². The molecule has 0 radical (unpaired) electrons. The van der Waals surface area contributed by atoms with E-state index in [4.69, 9.17) is 14.4 Å². The van der Waals surface area contributed by atoms with Crippen molar-refractivity contribution in [1.29, 1.82) is 5.26 Å². The van der Waals surface area contributed by atoms with Crippen LogP contribution in [0.15, 0.2) is 47.1 Å². The van der Waals surface area contributed by atoms with E-state index in [0.29, 0.717) is 24.3 Å². The molecule has 0 saturated heterocycles. The second kappa shape index (κ2) is 7.00. The molecule has 0 saturated carbocycles. The summed E-state index contributed by atoms with van der Waals surface area (Å²) in [6, 6.07) is 12.3. The third-order valence-electron chi connectivity index (χ3n) is 2.63. The lowest BCUT2D eigenvalue weighted by Gasteiger charge is -2.06. The molecule has 2 aromatic rings. The molecule has 0 aliphatic rings. The number of benzene rings is 1. The molecule has 20 heavy (non-hydrogen) atoms. The van der Waals surface area contributed by atoms with Gasteiger partial charge in [-0.3, -0.25) is 4.79 Å². The van der Waals surface area contributed by atoms with Crippen LogP contribution in [0.1, 0.15) is 11.3 Å². The van der Waals surface area contributed by atoms with Crippen molar-refractivity contribution >= 4 is 5.91 Å². The molecule has 1 amide bonds. The molecule has 1 aromatic carbocycles. The Kier molecular flexibility index (Phi) is 4.79. The molecule has 0 spiro atoms. The van der Waals surface area contributed by atoms with E-state index in [1.54, 1.807) is 30.5 Å². The molecule has 5 nitrogen and oxygen atoms in total. The van der Waals surface area contributed by atoms with Gasteiger partial charge in [0.2, 0.25) is 0 Å². The van der Waals surface area contributed by atoms with Crippen molar-refractivity contribution in [3.63, 3.8) is 0 Å². The number of ether oxygens (including phenoxy) is 1. The number of hydrogen-bond acceptors (Lipinski definition) is 4. The number of amides is 1. The fourth-order valence-electron chi connectivity index (χ4n) is 1.61. The number of nitrogens with one attached hydrogen (secondary N) is 1. The molecule has 2 rings (SSSR count). The van der Waals surface area contributed by atoms with E-state index in [1.807, 2.05) is 18.2 Å². The average Bonchev–Trinajstić information content (AvgIpc) is 2.99. The van der Waals surface area contributed by atoms with Crippen LogP contribution in [0.25, 0.3) is 0 Å². The molecular formula is C15H14N2O3. The Hall–Kier alpha value is -2.74. The van der Waals surface area contributed by atoms with E-state index in [2.05, 4.69) is 5.32 Å². The van der Waals surface area contributed by atoms with Crippen LogP contribution in [0.3, 0.4) is 0 Å². The van der Waals surface area contributed by atoms with Gasteiger partial charge >= 0.3 is 0 Å². The first-order valence-electron chi connectivity index (χ1n) is 6.20. The van der Waals surface area contributed by atoms with Crippen molar-refractivity contribution in [3.8, 4) is 11.8 Å². The Morgan fingerprint density at radius 3 is 2.75 bits per heavy atom. The quantitative estimate of drug-likeness (QED) is 0.869. The number of nitriles is 1. The summed E-state index contributed by atoms with van der Waals surface area (Å²) in [6.07, 6.45) is 2.25. The molecular weight excluding hydrogens is 256 g/mol. The molecule has 0 atom stereocenters. The smallest absolute Gasteiger partial charge is 0.257 e. The second-order valence-corrected chi connectivity index (χ2v) is 4.10. The number of hydrogen-bond donors (Lipinski definition) is 1. The number of furan rings is 1. The molecule has 0 fully saturated rings. The molecule has 0 bridgehead atoms.